The Morgan fingerprint density at radius 1 is 1.03 bits per heavy atom. The van der Waals surface area contributed by atoms with Gasteiger partial charge in [-0.05, 0) is 51.9 Å². The molecule has 3 rings (SSSR count). The molecule has 0 aromatic heterocycles. The monoisotopic (exact) mass is 533 g/mol. The molecule has 0 aromatic rings. The first-order chi connectivity index (χ1) is 17.8. The van der Waals surface area contributed by atoms with E-state index in [1.807, 2.05) is 14.7 Å². The van der Waals surface area contributed by atoms with E-state index in [0.29, 0.717) is 39.1 Å². The minimum absolute atomic E-state index is 0.00675. The largest absolute Gasteiger partial charge is 0.396 e. The zero-order valence-electron chi connectivity index (χ0n) is 23.1. The van der Waals surface area contributed by atoms with Crippen LogP contribution in [0.3, 0.4) is 0 Å². The maximum Gasteiger partial charge on any atom is 0.247 e. The first-order valence-corrected chi connectivity index (χ1v) is 15.0. The van der Waals surface area contributed by atoms with E-state index in [-0.39, 0.29) is 29.1 Å². The third-order valence-electron chi connectivity index (χ3n) is 8.43. The lowest BCUT2D eigenvalue weighted by Crippen LogP contribution is -2.55. The van der Waals surface area contributed by atoms with Crippen molar-refractivity contribution < 1.29 is 19.5 Å². The van der Waals surface area contributed by atoms with Crippen molar-refractivity contribution in [2.75, 3.05) is 39.3 Å². The fourth-order valence-electron chi connectivity index (χ4n) is 6.78. The summed E-state index contributed by atoms with van der Waals surface area (Å²) in [6, 6.07) is -0.570. The van der Waals surface area contributed by atoms with Crippen molar-refractivity contribution in [1.29, 1.82) is 0 Å². The number of hydrogen-bond donors (Lipinski definition) is 1. The second kappa shape index (κ2) is 12.8. The molecule has 37 heavy (non-hydrogen) atoms. The average molecular weight is 534 g/mol. The molecule has 3 fully saturated rings. The molecule has 2 bridgehead atoms. The quantitative estimate of drug-likeness (QED) is 0.241. The topological polar surface area (TPSA) is 81.2 Å². The van der Waals surface area contributed by atoms with E-state index in [0.717, 1.165) is 44.9 Å². The van der Waals surface area contributed by atoms with Gasteiger partial charge in [0.25, 0.3) is 0 Å². The summed E-state index contributed by atoms with van der Waals surface area (Å²) >= 11 is 1.74. The molecule has 0 aliphatic carbocycles. The summed E-state index contributed by atoms with van der Waals surface area (Å²) in [5, 5.41) is 9.24. The highest BCUT2D eigenvalue weighted by Gasteiger charge is 2.77. The van der Waals surface area contributed by atoms with Gasteiger partial charge in [0.1, 0.15) is 6.04 Å². The van der Waals surface area contributed by atoms with Gasteiger partial charge in [0.05, 0.1) is 16.6 Å². The van der Waals surface area contributed by atoms with Crippen molar-refractivity contribution in [1.82, 2.24) is 14.7 Å². The fraction of sp³-hybridized carbons (Fsp3) is 0.759. The molecule has 3 heterocycles. The van der Waals surface area contributed by atoms with E-state index < -0.39 is 22.6 Å². The molecule has 1 spiro atoms. The van der Waals surface area contributed by atoms with E-state index in [1.54, 1.807) is 23.9 Å². The van der Waals surface area contributed by atoms with Crippen molar-refractivity contribution in [2.24, 2.45) is 11.8 Å². The predicted molar refractivity (Wildman–Crippen MR) is 150 cm³/mol. The summed E-state index contributed by atoms with van der Waals surface area (Å²) < 4.78 is -0.948. The van der Waals surface area contributed by atoms with Crippen LogP contribution < -0.4 is 0 Å². The van der Waals surface area contributed by atoms with E-state index in [4.69, 9.17) is 0 Å². The van der Waals surface area contributed by atoms with Gasteiger partial charge in [-0.15, -0.1) is 24.9 Å². The second-order valence-corrected chi connectivity index (χ2v) is 12.9. The van der Waals surface area contributed by atoms with E-state index in [2.05, 4.69) is 33.9 Å². The van der Waals surface area contributed by atoms with Crippen LogP contribution in [0.5, 0.6) is 0 Å². The van der Waals surface area contributed by atoms with Crippen molar-refractivity contribution >= 4 is 29.5 Å². The Morgan fingerprint density at radius 2 is 1.70 bits per heavy atom. The van der Waals surface area contributed by atoms with E-state index in [9.17, 15) is 19.5 Å². The number of likely N-dealkylation sites (tertiary alicyclic amines) is 1. The summed E-state index contributed by atoms with van der Waals surface area (Å²) in [6.07, 6.45) is 10.0. The van der Waals surface area contributed by atoms with Crippen LogP contribution >= 0.6 is 11.8 Å². The Morgan fingerprint density at radius 3 is 2.30 bits per heavy atom. The van der Waals surface area contributed by atoms with Gasteiger partial charge in [0.2, 0.25) is 17.7 Å². The number of aliphatic hydroxyl groups excluding tert-OH is 1. The number of fused-ring (bicyclic) bond motifs is 1. The molecule has 3 amide bonds. The molecular weight excluding hydrogens is 486 g/mol. The fourth-order valence-corrected chi connectivity index (χ4v) is 9.12. The Labute approximate surface area is 227 Å². The van der Waals surface area contributed by atoms with Crippen LogP contribution in [0.1, 0.15) is 72.1 Å². The standard InChI is InChI=1S/C29H47N3O4S/c1-6-10-19-31(18-9-4)27(36)24-29-15-14-28(5,37-29)22(25(34)30(16-7-2)17-8-3)23(29)26(35)32(24)20-12-11-13-21-33/h7,9,22-24,33H,2,4,6,8,10-21H2,1,3,5H3/t22-,23+,24?,28+,29?/m1/s1. The summed E-state index contributed by atoms with van der Waals surface area (Å²) in [7, 11) is 0. The molecule has 0 radical (unpaired) electrons. The number of rotatable bonds is 16. The number of aliphatic hydroxyl groups is 1. The third kappa shape index (κ3) is 5.51. The summed E-state index contributed by atoms with van der Waals surface area (Å²) in [6.45, 7) is 16.8. The molecule has 2 unspecified atom stereocenters. The van der Waals surface area contributed by atoms with Gasteiger partial charge in [-0.2, -0.15) is 0 Å². The average Bonchev–Trinajstić information content (AvgIpc) is 3.44. The zero-order valence-corrected chi connectivity index (χ0v) is 23.9. The molecular formula is C29H47N3O4S. The van der Waals surface area contributed by atoms with Crippen LogP contribution in [0.15, 0.2) is 25.3 Å². The van der Waals surface area contributed by atoms with Gasteiger partial charge in [0, 0.05) is 44.1 Å². The van der Waals surface area contributed by atoms with Crippen LogP contribution in [-0.2, 0) is 14.4 Å². The van der Waals surface area contributed by atoms with Gasteiger partial charge < -0.3 is 19.8 Å². The first kappa shape index (κ1) is 29.8. The van der Waals surface area contributed by atoms with Gasteiger partial charge in [0.15, 0.2) is 0 Å². The van der Waals surface area contributed by atoms with Gasteiger partial charge >= 0.3 is 0 Å². The number of unbranched alkanes of at least 4 members (excludes halogenated alkanes) is 3. The van der Waals surface area contributed by atoms with Crippen LogP contribution in [0.2, 0.25) is 0 Å². The van der Waals surface area contributed by atoms with Gasteiger partial charge in [-0.25, -0.2) is 0 Å². The molecule has 3 saturated heterocycles. The number of amides is 3. The van der Waals surface area contributed by atoms with E-state index >= 15 is 0 Å². The van der Waals surface area contributed by atoms with Gasteiger partial charge in [-0.1, -0.05) is 32.4 Å². The lowest BCUT2D eigenvalue weighted by atomic mass is 9.66. The van der Waals surface area contributed by atoms with Crippen LogP contribution in [0.4, 0.5) is 0 Å². The second-order valence-electron chi connectivity index (χ2n) is 11.0. The third-order valence-corrected chi connectivity index (χ3v) is 10.4. The van der Waals surface area contributed by atoms with Crippen LogP contribution in [0, 0.1) is 11.8 Å². The Hall–Kier alpha value is -1.80. The molecule has 7 nitrogen and oxygen atoms in total. The molecule has 5 atom stereocenters. The van der Waals surface area contributed by atoms with E-state index in [1.165, 1.54) is 0 Å². The first-order valence-electron chi connectivity index (χ1n) is 14.2. The minimum Gasteiger partial charge on any atom is -0.396 e. The van der Waals surface area contributed by atoms with Crippen LogP contribution in [-0.4, -0.2) is 92.4 Å². The highest BCUT2D eigenvalue weighted by atomic mass is 32.2. The van der Waals surface area contributed by atoms with Crippen molar-refractivity contribution in [3.8, 4) is 0 Å². The number of thioether (sulfide) groups is 1. The smallest absolute Gasteiger partial charge is 0.247 e. The maximum atomic E-state index is 14.3. The van der Waals surface area contributed by atoms with Crippen molar-refractivity contribution in [2.45, 2.75) is 87.7 Å². The summed E-state index contributed by atoms with van der Waals surface area (Å²) in [4.78, 5) is 48.0. The Kier molecular flexibility index (Phi) is 10.3. The summed E-state index contributed by atoms with van der Waals surface area (Å²) in [5.41, 5.74) is 0. The molecule has 0 saturated carbocycles. The normalized spacial score (nSPS) is 29.9. The minimum atomic E-state index is -0.585. The lowest BCUT2D eigenvalue weighted by Gasteiger charge is -2.38. The van der Waals surface area contributed by atoms with Gasteiger partial charge in [-0.3, -0.25) is 14.4 Å². The molecule has 0 aromatic carbocycles. The number of nitrogens with zero attached hydrogens (tertiary/aromatic N) is 3. The maximum absolute atomic E-state index is 14.3. The SMILES string of the molecule is C=CCN(CCCC)C(=O)C1N(CCCCCO)C(=O)[C@@H]2[C@H](C(=O)N(CC=C)CCC)[C@]3(C)CCC12S3. The van der Waals surface area contributed by atoms with Crippen LogP contribution in [0.25, 0.3) is 0 Å². The van der Waals surface area contributed by atoms with Crippen molar-refractivity contribution in [3.05, 3.63) is 25.3 Å². The highest BCUT2D eigenvalue weighted by Crippen LogP contribution is 2.71. The number of carbonyl (C=O) groups is 3. The Balaban J connectivity index is 2.02. The molecule has 3 aliphatic heterocycles. The number of carbonyl (C=O) groups excluding carboxylic acids is 3. The van der Waals surface area contributed by atoms with Crippen molar-refractivity contribution in [3.63, 3.8) is 0 Å². The Bertz CT molecular complexity index is 866. The predicted octanol–water partition coefficient (Wildman–Crippen LogP) is 3.87. The number of hydrogen-bond acceptors (Lipinski definition) is 5. The molecule has 208 valence electrons. The highest BCUT2D eigenvalue weighted by molar-refractivity contribution is 8.02. The zero-order chi connectivity index (χ0) is 27.2. The molecule has 3 aliphatic rings. The lowest BCUT2D eigenvalue weighted by molar-refractivity contribution is -0.145. The summed E-state index contributed by atoms with van der Waals surface area (Å²) in [5.74, 6) is -0.949. The molecule has 1 N–H and O–H groups in total. The molecule has 8 heteroatoms.